The Labute approximate surface area is 157 Å². The predicted octanol–water partition coefficient (Wildman–Crippen LogP) is 4.23. The van der Waals surface area contributed by atoms with Crippen LogP contribution in [0.15, 0.2) is 60.8 Å². The topological polar surface area (TPSA) is 49.0 Å². The highest BCUT2D eigenvalue weighted by Crippen LogP contribution is 2.25. The monoisotopic (exact) mass is 355 g/mol. The van der Waals surface area contributed by atoms with Gasteiger partial charge in [-0.3, -0.25) is 9.78 Å². The molecule has 0 saturated heterocycles. The molecule has 4 nitrogen and oxygen atoms in total. The Morgan fingerprint density at radius 2 is 1.81 bits per heavy atom. The molecular formula is C23H21N3O. The number of aryl methyl sites for hydroxylation is 1. The molecule has 4 aromatic rings. The molecule has 5 rings (SSSR count). The summed E-state index contributed by atoms with van der Waals surface area (Å²) < 4.78 is 0. The van der Waals surface area contributed by atoms with Crippen LogP contribution in [0.4, 0.5) is 0 Å². The zero-order valence-electron chi connectivity index (χ0n) is 15.1. The Morgan fingerprint density at radius 3 is 2.74 bits per heavy atom. The summed E-state index contributed by atoms with van der Waals surface area (Å²) in [4.78, 5) is 22.6. The highest BCUT2D eigenvalue weighted by Gasteiger charge is 2.20. The van der Waals surface area contributed by atoms with Gasteiger partial charge in [-0.1, -0.05) is 42.5 Å². The summed E-state index contributed by atoms with van der Waals surface area (Å²) in [5.41, 5.74) is 5.77. The van der Waals surface area contributed by atoms with Crippen molar-refractivity contribution in [2.75, 3.05) is 6.54 Å². The molecule has 2 aromatic heterocycles. The first-order chi connectivity index (χ1) is 13.3. The number of nitrogens with zero attached hydrogens (tertiary/aromatic N) is 2. The minimum absolute atomic E-state index is 0.213. The molecule has 1 N–H and O–H groups in total. The van der Waals surface area contributed by atoms with Gasteiger partial charge in [-0.2, -0.15) is 0 Å². The van der Waals surface area contributed by atoms with Gasteiger partial charge in [0.25, 0.3) is 0 Å². The van der Waals surface area contributed by atoms with Gasteiger partial charge in [-0.15, -0.1) is 0 Å². The number of hydrogen-bond donors (Lipinski definition) is 1. The van der Waals surface area contributed by atoms with Crippen LogP contribution in [0, 0.1) is 0 Å². The molecule has 0 spiro atoms. The highest BCUT2D eigenvalue weighted by molar-refractivity contribution is 6.06. The first-order valence-corrected chi connectivity index (χ1v) is 9.48. The molecule has 0 fully saturated rings. The molecule has 0 aliphatic carbocycles. The van der Waals surface area contributed by atoms with Gasteiger partial charge in [0.1, 0.15) is 0 Å². The Morgan fingerprint density at radius 1 is 1.00 bits per heavy atom. The van der Waals surface area contributed by atoms with Crippen LogP contribution in [0.2, 0.25) is 0 Å². The Kier molecular flexibility index (Phi) is 3.89. The van der Waals surface area contributed by atoms with Crippen molar-refractivity contribution in [3.05, 3.63) is 77.6 Å². The van der Waals surface area contributed by atoms with Crippen molar-refractivity contribution in [3.63, 3.8) is 0 Å². The van der Waals surface area contributed by atoms with E-state index >= 15 is 0 Å². The number of carbonyl (C=O) groups excluding carboxylic acids is 1. The zero-order valence-corrected chi connectivity index (χ0v) is 15.1. The second kappa shape index (κ2) is 6.54. The lowest BCUT2D eigenvalue weighted by Gasteiger charge is -2.29. The Hall–Kier alpha value is -3.14. The molecule has 4 heteroatoms. The number of fused-ring (bicyclic) bond motifs is 4. The van der Waals surface area contributed by atoms with Crippen LogP contribution in [-0.2, 0) is 24.2 Å². The Balaban J connectivity index is 1.31. The molecule has 27 heavy (non-hydrogen) atoms. The number of aromatic nitrogens is 2. The first kappa shape index (κ1) is 16.1. The number of carbonyl (C=O) groups is 1. The van der Waals surface area contributed by atoms with Gasteiger partial charge in [-0.25, -0.2) is 0 Å². The SMILES string of the molecule is O=C(CCc1cc2c(cn1)[nH]c1ccccc12)N1CCc2ccccc2C1. The maximum atomic E-state index is 12.7. The average Bonchev–Trinajstić information content (AvgIpc) is 3.09. The van der Waals surface area contributed by atoms with Crippen LogP contribution < -0.4 is 0 Å². The van der Waals surface area contributed by atoms with E-state index < -0.39 is 0 Å². The van der Waals surface area contributed by atoms with E-state index in [1.807, 2.05) is 29.3 Å². The van der Waals surface area contributed by atoms with Crippen LogP contribution in [0.3, 0.4) is 0 Å². The summed E-state index contributed by atoms with van der Waals surface area (Å²) in [6.07, 6.45) is 4.00. The maximum absolute atomic E-state index is 12.7. The summed E-state index contributed by atoms with van der Waals surface area (Å²) in [6, 6.07) is 18.8. The van der Waals surface area contributed by atoms with Crippen LogP contribution >= 0.6 is 0 Å². The average molecular weight is 355 g/mol. The predicted molar refractivity (Wildman–Crippen MR) is 107 cm³/mol. The lowest BCUT2D eigenvalue weighted by atomic mass is 9.99. The van der Waals surface area contributed by atoms with Gasteiger partial charge < -0.3 is 9.88 Å². The van der Waals surface area contributed by atoms with Crippen LogP contribution in [0.1, 0.15) is 23.2 Å². The second-order valence-electron chi connectivity index (χ2n) is 7.23. The minimum atomic E-state index is 0.213. The van der Waals surface area contributed by atoms with E-state index in [-0.39, 0.29) is 5.91 Å². The van der Waals surface area contributed by atoms with Crippen molar-refractivity contribution >= 4 is 27.7 Å². The van der Waals surface area contributed by atoms with Crippen molar-refractivity contribution in [2.45, 2.75) is 25.8 Å². The molecule has 1 aliphatic heterocycles. The van der Waals surface area contributed by atoms with Crippen molar-refractivity contribution in [1.82, 2.24) is 14.9 Å². The third-order valence-corrected chi connectivity index (χ3v) is 5.53. The number of nitrogens with one attached hydrogen (secondary N) is 1. The number of para-hydroxylation sites is 1. The lowest BCUT2D eigenvalue weighted by molar-refractivity contribution is -0.132. The molecule has 1 aliphatic rings. The quantitative estimate of drug-likeness (QED) is 0.598. The Bertz CT molecular complexity index is 1140. The fourth-order valence-corrected chi connectivity index (χ4v) is 4.03. The van der Waals surface area contributed by atoms with Crippen molar-refractivity contribution in [3.8, 4) is 0 Å². The van der Waals surface area contributed by atoms with E-state index in [9.17, 15) is 4.79 Å². The molecule has 0 radical (unpaired) electrons. The van der Waals surface area contributed by atoms with E-state index in [4.69, 9.17) is 0 Å². The van der Waals surface area contributed by atoms with E-state index in [2.05, 4.69) is 46.4 Å². The number of aromatic amines is 1. The maximum Gasteiger partial charge on any atom is 0.223 e. The second-order valence-corrected chi connectivity index (χ2v) is 7.23. The summed E-state index contributed by atoms with van der Waals surface area (Å²) in [5, 5.41) is 2.38. The van der Waals surface area contributed by atoms with Gasteiger partial charge in [0.05, 0.1) is 11.7 Å². The molecular weight excluding hydrogens is 334 g/mol. The standard InChI is InChI=1S/C23H21N3O/c27-23(26-12-11-16-5-1-2-6-17(16)15-26)10-9-18-13-20-19-7-3-4-8-21(19)25-22(20)14-24-18/h1-8,13-14,25H,9-12,15H2. The summed E-state index contributed by atoms with van der Waals surface area (Å²) >= 11 is 0. The summed E-state index contributed by atoms with van der Waals surface area (Å²) in [5.74, 6) is 0.213. The van der Waals surface area contributed by atoms with Crippen molar-refractivity contribution < 1.29 is 4.79 Å². The molecule has 3 heterocycles. The molecule has 0 saturated carbocycles. The fourth-order valence-electron chi connectivity index (χ4n) is 4.03. The summed E-state index contributed by atoms with van der Waals surface area (Å²) in [6.45, 7) is 1.54. The van der Waals surface area contributed by atoms with Crippen LogP contribution in [-0.4, -0.2) is 27.3 Å². The third kappa shape index (κ3) is 2.97. The number of hydrogen-bond acceptors (Lipinski definition) is 2. The van der Waals surface area contributed by atoms with E-state index in [0.717, 1.165) is 36.2 Å². The number of rotatable bonds is 3. The normalized spacial score (nSPS) is 13.9. The van der Waals surface area contributed by atoms with Gasteiger partial charge in [0.15, 0.2) is 0 Å². The summed E-state index contributed by atoms with van der Waals surface area (Å²) in [7, 11) is 0. The first-order valence-electron chi connectivity index (χ1n) is 9.48. The lowest BCUT2D eigenvalue weighted by Crippen LogP contribution is -2.36. The van der Waals surface area contributed by atoms with E-state index in [1.165, 1.54) is 21.9 Å². The third-order valence-electron chi connectivity index (χ3n) is 5.53. The van der Waals surface area contributed by atoms with E-state index in [0.29, 0.717) is 12.8 Å². The van der Waals surface area contributed by atoms with Gasteiger partial charge in [0, 0.05) is 41.5 Å². The number of amides is 1. The van der Waals surface area contributed by atoms with Crippen LogP contribution in [0.25, 0.3) is 21.8 Å². The molecule has 2 aromatic carbocycles. The van der Waals surface area contributed by atoms with Crippen LogP contribution in [0.5, 0.6) is 0 Å². The molecule has 134 valence electrons. The molecule has 0 bridgehead atoms. The molecule has 0 atom stereocenters. The zero-order chi connectivity index (χ0) is 18.2. The van der Waals surface area contributed by atoms with E-state index in [1.54, 1.807) is 0 Å². The molecule has 0 unspecified atom stereocenters. The minimum Gasteiger partial charge on any atom is -0.353 e. The number of benzene rings is 2. The van der Waals surface area contributed by atoms with Gasteiger partial charge in [0.2, 0.25) is 5.91 Å². The highest BCUT2D eigenvalue weighted by atomic mass is 16.2. The van der Waals surface area contributed by atoms with Crippen molar-refractivity contribution in [1.29, 1.82) is 0 Å². The smallest absolute Gasteiger partial charge is 0.223 e. The van der Waals surface area contributed by atoms with Gasteiger partial charge >= 0.3 is 0 Å². The largest absolute Gasteiger partial charge is 0.353 e. The molecule has 1 amide bonds. The van der Waals surface area contributed by atoms with Gasteiger partial charge in [-0.05, 0) is 36.1 Å². The fraction of sp³-hybridized carbons (Fsp3) is 0.217. The number of H-pyrrole nitrogens is 1. The van der Waals surface area contributed by atoms with Crippen molar-refractivity contribution in [2.24, 2.45) is 0 Å². The number of pyridine rings is 1.